The number of hydrogen-bond acceptors (Lipinski definition) is 4. The number of aromatic nitrogens is 2. The highest BCUT2D eigenvalue weighted by Gasteiger charge is 2.01. The van der Waals surface area contributed by atoms with Crippen molar-refractivity contribution in [3.63, 3.8) is 0 Å². The first-order chi connectivity index (χ1) is 5.64. The fraction of sp³-hybridized carbons (Fsp3) is 0. The predicted molar refractivity (Wildman–Crippen MR) is 43.8 cm³/mol. The van der Waals surface area contributed by atoms with Crippen molar-refractivity contribution in [1.29, 1.82) is 0 Å². The van der Waals surface area contributed by atoms with Crippen molar-refractivity contribution in [3.8, 4) is 0 Å². The van der Waals surface area contributed by atoms with Gasteiger partial charge in [-0.05, 0) is 29.3 Å². The molecule has 0 aliphatic heterocycles. The Kier molecular flexibility index (Phi) is 6.14. The molecule has 0 unspecified atom stereocenters. The van der Waals surface area contributed by atoms with Gasteiger partial charge in [0.25, 0.3) is 0 Å². The Morgan fingerprint density at radius 3 is 1.50 bits per heavy atom. The van der Waals surface area contributed by atoms with E-state index in [2.05, 4.69) is 33.2 Å². The van der Waals surface area contributed by atoms with Crippen molar-refractivity contribution in [1.82, 2.24) is 9.97 Å². The van der Waals surface area contributed by atoms with Gasteiger partial charge in [0, 0.05) is 12.4 Å². The van der Waals surface area contributed by atoms with Gasteiger partial charge in [0.2, 0.25) is 0 Å². The quantitative estimate of drug-likeness (QED) is 0.508. The van der Waals surface area contributed by atoms with Crippen LogP contribution in [-0.2, 0) is 9.59 Å². The van der Waals surface area contributed by atoms with E-state index in [1.165, 1.54) is 6.33 Å². The summed E-state index contributed by atoms with van der Waals surface area (Å²) in [5, 5.41) is -2.28. The van der Waals surface area contributed by atoms with Crippen molar-refractivity contribution in [2.24, 2.45) is 0 Å². The molecule has 12 heavy (non-hydrogen) atoms. The Morgan fingerprint density at radius 2 is 1.42 bits per heavy atom. The number of carbonyl (C=O) groups excluding carboxylic acids is 2. The number of nitrogens with zero attached hydrogens (tertiary/aromatic N) is 2. The van der Waals surface area contributed by atoms with E-state index in [0.717, 1.165) is 0 Å². The number of halogens is 2. The summed E-state index contributed by atoms with van der Waals surface area (Å²) in [7, 11) is 0. The Labute approximate surface area is 78.5 Å². The second-order valence-electron chi connectivity index (χ2n) is 1.45. The van der Waals surface area contributed by atoms with Crippen LogP contribution in [0.5, 0.6) is 0 Å². The molecule has 0 fully saturated rings. The van der Waals surface area contributed by atoms with Crippen LogP contribution >= 0.6 is 23.2 Å². The predicted octanol–water partition coefficient (Wildman–Crippen LogP) is 0.994. The van der Waals surface area contributed by atoms with E-state index in [9.17, 15) is 9.59 Å². The molecule has 4 nitrogen and oxygen atoms in total. The second-order valence-corrected chi connectivity index (χ2v) is 2.14. The normalized spacial score (nSPS) is 7.83. The van der Waals surface area contributed by atoms with E-state index >= 15 is 0 Å². The summed E-state index contributed by atoms with van der Waals surface area (Å²) in [4.78, 5) is 26.2. The zero-order valence-corrected chi connectivity index (χ0v) is 7.29. The molecule has 1 aromatic rings. The molecular formula is C6H4Cl2N2O2. The molecule has 0 radical (unpaired) electrons. The maximum Gasteiger partial charge on any atom is 0.304 e. The molecule has 0 saturated carbocycles. The zero-order valence-electron chi connectivity index (χ0n) is 5.78. The molecule has 1 rings (SSSR count). The highest BCUT2D eigenvalue weighted by molar-refractivity contribution is 6.97. The number of hydrogen-bond donors (Lipinski definition) is 0. The fourth-order valence-corrected chi connectivity index (χ4v) is 0.253. The van der Waals surface area contributed by atoms with Crippen LogP contribution in [0.4, 0.5) is 0 Å². The lowest BCUT2D eigenvalue weighted by Gasteiger charge is -1.70. The summed E-state index contributed by atoms with van der Waals surface area (Å²) in [6.07, 6.45) is 4.88. The van der Waals surface area contributed by atoms with Gasteiger partial charge >= 0.3 is 10.5 Å². The van der Waals surface area contributed by atoms with Gasteiger partial charge in [0.05, 0.1) is 0 Å². The second kappa shape index (κ2) is 6.69. The lowest BCUT2D eigenvalue weighted by atomic mass is 10.7. The molecule has 0 N–H and O–H groups in total. The summed E-state index contributed by atoms with van der Waals surface area (Å²) in [6.45, 7) is 0. The van der Waals surface area contributed by atoms with Crippen LogP contribution in [-0.4, -0.2) is 20.5 Å². The van der Waals surface area contributed by atoms with Crippen LogP contribution in [0.3, 0.4) is 0 Å². The first kappa shape index (κ1) is 11.0. The third-order valence-corrected chi connectivity index (χ3v) is 1.07. The zero-order chi connectivity index (χ0) is 9.40. The molecule has 0 aliphatic rings. The average molecular weight is 207 g/mol. The number of carbonyl (C=O) groups is 2. The van der Waals surface area contributed by atoms with Crippen molar-refractivity contribution in [3.05, 3.63) is 24.8 Å². The van der Waals surface area contributed by atoms with E-state index in [-0.39, 0.29) is 0 Å². The molecule has 0 atom stereocenters. The van der Waals surface area contributed by atoms with Gasteiger partial charge in [-0.15, -0.1) is 0 Å². The van der Waals surface area contributed by atoms with Gasteiger partial charge in [-0.2, -0.15) is 0 Å². The molecule has 0 amide bonds. The van der Waals surface area contributed by atoms with E-state index in [1.807, 2.05) is 0 Å². The molecular weight excluding hydrogens is 203 g/mol. The van der Waals surface area contributed by atoms with Crippen molar-refractivity contribution in [2.45, 2.75) is 0 Å². The molecule has 0 bridgehead atoms. The third kappa shape index (κ3) is 7.11. The van der Waals surface area contributed by atoms with Crippen molar-refractivity contribution < 1.29 is 9.59 Å². The largest absolute Gasteiger partial charge is 0.304 e. The molecule has 6 heteroatoms. The summed E-state index contributed by atoms with van der Waals surface area (Å²) >= 11 is 8.98. The molecule has 0 spiro atoms. The summed E-state index contributed by atoms with van der Waals surface area (Å²) < 4.78 is 0. The minimum atomic E-state index is -1.14. The molecule has 0 aromatic carbocycles. The van der Waals surface area contributed by atoms with E-state index in [1.54, 1.807) is 18.5 Å². The van der Waals surface area contributed by atoms with Crippen LogP contribution in [0.1, 0.15) is 0 Å². The van der Waals surface area contributed by atoms with Crippen molar-refractivity contribution in [2.75, 3.05) is 0 Å². The Morgan fingerprint density at radius 1 is 1.00 bits per heavy atom. The minimum absolute atomic E-state index is 1.14. The topological polar surface area (TPSA) is 59.9 Å². The average Bonchev–Trinajstić information content (AvgIpc) is 2.08. The van der Waals surface area contributed by atoms with Gasteiger partial charge in [0.1, 0.15) is 6.33 Å². The maximum absolute atomic E-state index is 9.43. The SMILES string of the molecule is O=C(Cl)C(=O)Cl.c1cncnc1. The Balaban J connectivity index is 0.000000202. The lowest BCUT2D eigenvalue weighted by Crippen LogP contribution is -1.94. The first-order valence-electron chi connectivity index (χ1n) is 2.74. The molecule has 0 saturated heterocycles. The van der Waals surface area contributed by atoms with Gasteiger partial charge in [0.15, 0.2) is 0 Å². The molecule has 0 aliphatic carbocycles. The van der Waals surface area contributed by atoms with Crippen LogP contribution in [0.2, 0.25) is 0 Å². The molecule has 1 aromatic heterocycles. The summed E-state index contributed by atoms with van der Waals surface area (Å²) in [5.41, 5.74) is 0. The lowest BCUT2D eigenvalue weighted by molar-refractivity contribution is -0.127. The highest BCUT2D eigenvalue weighted by Crippen LogP contribution is 1.84. The first-order valence-corrected chi connectivity index (χ1v) is 3.49. The van der Waals surface area contributed by atoms with Crippen LogP contribution in [0.25, 0.3) is 0 Å². The van der Waals surface area contributed by atoms with E-state index < -0.39 is 10.5 Å². The van der Waals surface area contributed by atoms with Crippen LogP contribution in [0.15, 0.2) is 24.8 Å². The molecule has 1 heterocycles. The highest BCUT2D eigenvalue weighted by atomic mass is 35.5. The molecule has 64 valence electrons. The van der Waals surface area contributed by atoms with Gasteiger partial charge < -0.3 is 0 Å². The monoisotopic (exact) mass is 206 g/mol. The third-order valence-electron chi connectivity index (χ3n) is 0.632. The van der Waals surface area contributed by atoms with Gasteiger partial charge in [-0.1, -0.05) is 0 Å². The smallest absolute Gasteiger partial charge is 0.271 e. The maximum atomic E-state index is 9.43. The minimum Gasteiger partial charge on any atom is -0.271 e. The van der Waals surface area contributed by atoms with Crippen LogP contribution < -0.4 is 0 Å². The Hall–Kier alpha value is -1.00. The Bertz CT molecular complexity index is 214. The van der Waals surface area contributed by atoms with E-state index in [4.69, 9.17) is 0 Å². The van der Waals surface area contributed by atoms with Crippen LogP contribution in [0, 0.1) is 0 Å². The van der Waals surface area contributed by atoms with Gasteiger partial charge in [-0.25, -0.2) is 9.97 Å². The standard InChI is InChI=1S/C4H4N2.C2Cl2O2/c1-2-5-4-6-3-1;3-1(5)2(4)6/h1-4H;. The van der Waals surface area contributed by atoms with E-state index in [0.29, 0.717) is 0 Å². The van der Waals surface area contributed by atoms with Gasteiger partial charge in [-0.3, -0.25) is 9.59 Å². The summed E-state index contributed by atoms with van der Waals surface area (Å²) in [5.74, 6) is 0. The summed E-state index contributed by atoms with van der Waals surface area (Å²) in [6, 6.07) is 1.78. The number of rotatable bonds is 1. The van der Waals surface area contributed by atoms with Crippen molar-refractivity contribution >= 4 is 33.7 Å². The fourth-order valence-electron chi connectivity index (χ4n) is 0.253.